The van der Waals surface area contributed by atoms with Gasteiger partial charge in [-0.15, -0.1) is 0 Å². The van der Waals surface area contributed by atoms with E-state index < -0.39 is 0 Å². The number of rotatable bonds is 5. The summed E-state index contributed by atoms with van der Waals surface area (Å²) in [6.07, 6.45) is 0.810. The van der Waals surface area contributed by atoms with Gasteiger partial charge in [-0.2, -0.15) is 0 Å². The van der Waals surface area contributed by atoms with Crippen molar-refractivity contribution in [3.05, 3.63) is 69.7 Å². The van der Waals surface area contributed by atoms with Crippen LogP contribution in [0.5, 0.6) is 0 Å². The normalized spacial score (nSPS) is 10.8. The van der Waals surface area contributed by atoms with Crippen molar-refractivity contribution >= 4 is 11.6 Å². The van der Waals surface area contributed by atoms with Gasteiger partial charge in [0.25, 0.3) is 0 Å². The third-order valence-corrected chi connectivity index (χ3v) is 3.56. The van der Waals surface area contributed by atoms with Gasteiger partial charge in [0.2, 0.25) is 0 Å². The topological polar surface area (TPSA) is 12.0 Å². The van der Waals surface area contributed by atoms with E-state index in [-0.39, 0.29) is 11.6 Å². The van der Waals surface area contributed by atoms with E-state index in [1.807, 2.05) is 6.92 Å². The minimum absolute atomic E-state index is 0.211. The average molecular weight is 296 g/mol. The number of halogens is 3. The average Bonchev–Trinajstić information content (AvgIpc) is 2.39. The Hall–Kier alpha value is -1.45. The lowest BCUT2D eigenvalue weighted by molar-refractivity contribution is 0.622. The van der Waals surface area contributed by atoms with Crippen LogP contribution in [0.3, 0.4) is 0 Å². The van der Waals surface area contributed by atoms with Gasteiger partial charge in [-0.25, -0.2) is 8.78 Å². The summed E-state index contributed by atoms with van der Waals surface area (Å²) in [5.74, 6) is -0.544. The molecule has 0 aliphatic heterocycles. The molecule has 0 spiro atoms. The molecule has 2 aromatic carbocycles. The summed E-state index contributed by atoms with van der Waals surface area (Å²) in [5, 5.41) is 3.68. The number of benzene rings is 2. The van der Waals surface area contributed by atoms with Crippen LogP contribution in [0.1, 0.15) is 16.7 Å². The molecule has 1 N–H and O–H groups in total. The first-order valence-corrected chi connectivity index (χ1v) is 6.84. The zero-order valence-corrected chi connectivity index (χ0v) is 12.0. The fourth-order valence-electron chi connectivity index (χ4n) is 2.05. The number of hydrogen-bond donors (Lipinski definition) is 1. The Labute approximate surface area is 122 Å². The van der Waals surface area contributed by atoms with Crippen molar-refractivity contribution in [2.45, 2.75) is 19.9 Å². The molecule has 0 saturated heterocycles. The molecule has 1 nitrogen and oxygen atoms in total. The molecule has 0 saturated carbocycles. The monoisotopic (exact) mass is 295 g/mol. The first-order valence-electron chi connectivity index (χ1n) is 6.46. The molecule has 0 aliphatic rings. The van der Waals surface area contributed by atoms with Gasteiger partial charge in [-0.1, -0.05) is 23.7 Å². The number of nitrogens with one attached hydrogen (secondary N) is 1. The Balaban J connectivity index is 1.84. The first kappa shape index (κ1) is 14.9. The highest BCUT2D eigenvalue weighted by molar-refractivity contribution is 6.31. The zero-order chi connectivity index (χ0) is 14.5. The van der Waals surface area contributed by atoms with E-state index in [0.29, 0.717) is 11.6 Å². The predicted octanol–water partition coefficient (Wildman–Crippen LogP) is 4.26. The summed E-state index contributed by atoms with van der Waals surface area (Å²) in [5.41, 5.74) is 2.93. The van der Waals surface area contributed by atoms with Crippen LogP contribution in [0.25, 0.3) is 0 Å². The Kier molecular flexibility index (Phi) is 5.10. The molecule has 20 heavy (non-hydrogen) atoms. The lowest BCUT2D eigenvalue weighted by Crippen LogP contribution is -2.17. The lowest BCUT2D eigenvalue weighted by Gasteiger charge is -2.09. The second-order valence-electron chi connectivity index (χ2n) is 4.73. The largest absolute Gasteiger partial charge is 0.312 e. The lowest BCUT2D eigenvalue weighted by atomic mass is 10.1. The van der Waals surface area contributed by atoms with Crippen LogP contribution in [0.4, 0.5) is 8.78 Å². The van der Waals surface area contributed by atoms with E-state index >= 15 is 0 Å². The first-order chi connectivity index (χ1) is 9.56. The molecular formula is C16H16ClF2N. The van der Waals surface area contributed by atoms with Crippen LogP contribution in [-0.2, 0) is 13.0 Å². The van der Waals surface area contributed by atoms with Crippen molar-refractivity contribution in [1.82, 2.24) is 5.32 Å². The van der Waals surface area contributed by atoms with Crippen LogP contribution >= 0.6 is 11.6 Å². The molecule has 0 amide bonds. The summed E-state index contributed by atoms with van der Waals surface area (Å²) in [6, 6.07) is 9.19. The zero-order valence-electron chi connectivity index (χ0n) is 11.2. The Morgan fingerprint density at radius 1 is 1.00 bits per heavy atom. The van der Waals surface area contributed by atoms with Gasteiger partial charge in [0, 0.05) is 11.6 Å². The van der Waals surface area contributed by atoms with Gasteiger partial charge >= 0.3 is 0 Å². The molecule has 0 radical (unpaired) electrons. The van der Waals surface area contributed by atoms with Crippen molar-refractivity contribution in [2.75, 3.05) is 6.54 Å². The maximum Gasteiger partial charge on any atom is 0.124 e. The van der Waals surface area contributed by atoms with E-state index in [0.717, 1.165) is 29.7 Å². The Morgan fingerprint density at radius 2 is 1.65 bits per heavy atom. The van der Waals surface area contributed by atoms with Crippen LogP contribution in [-0.4, -0.2) is 6.54 Å². The second kappa shape index (κ2) is 6.82. The van der Waals surface area contributed by atoms with Gasteiger partial charge in [0.05, 0.1) is 0 Å². The maximum absolute atomic E-state index is 13.0. The van der Waals surface area contributed by atoms with E-state index in [9.17, 15) is 8.78 Å². The van der Waals surface area contributed by atoms with E-state index in [1.54, 1.807) is 12.1 Å². The molecule has 0 aliphatic carbocycles. The summed E-state index contributed by atoms with van der Waals surface area (Å²) < 4.78 is 25.9. The van der Waals surface area contributed by atoms with E-state index in [2.05, 4.69) is 5.32 Å². The highest BCUT2D eigenvalue weighted by atomic mass is 35.5. The summed E-state index contributed by atoms with van der Waals surface area (Å²) >= 11 is 5.95. The van der Waals surface area contributed by atoms with Crippen LogP contribution in [0.2, 0.25) is 5.02 Å². The smallest absolute Gasteiger partial charge is 0.124 e. The van der Waals surface area contributed by atoms with E-state index in [4.69, 9.17) is 11.6 Å². The third-order valence-electron chi connectivity index (χ3n) is 3.21. The Bertz CT molecular complexity index is 546. The fraction of sp³-hybridized carbons (Fsp3) is 0.250. The van der Waals surface area contributed by atoms with Crippen molar-refractivity contribution in [1.29, 1.82) is 0 Å². The molecule has 0 aromatic heterocycles. The van der Waals surface area contributed by atoms with Gasteiger partial charge < -0.3 is 5.32 Å². The third kappa shape index (κ3) is 4.02. The summed E-state index contributed by atoms with van der Waals surface area (Å²) in [7, 11) is 0. The molecule has 2 aromatic rings. The van der Waals surface area contributed by atoms with E-state index in [1.165, 1.54) is 24.3 Å². The van der Waals surface area contributed by atoms with Crippen molar-refractivity contribution in [3.63, 3.8) is 0 Å². The molecule has 0 bridgehead atoms. The van der Waals surface area contributed by atoms with Crippen molar-refractivity contribution in [2.24, 2.45) is 0 Å². The van der Waals surface area contributed by atoms with Gasteiger partial charge in [-0.05, 0) is 60.8 Å². The van der Waals surface area contributed by atoms with Crippen molar-refractivity contribution in [3.8, 4) is 0 Å². The van der Waals surface area contributed by atoms with Crippen molar-refractivity contribution < 1.29 is 8.78 Å². The van der Waals surface area contributed by atoms with Gasteiger partial charge in [-0.3, -0.25) is 0 Å². The molecule has 106 valence electrons. The standard InChI is InChI=1S/C16H16ClF2N/c1-11-8-14(18)4-2-12(11)6-7-20-10-13-3-5-15(19)9-16(13)17/h2-5,8-9,20H,6-7,10H2,1H3. The quantitative estimate of drug-likeness (QED) is 0.813. The number of aryl methyl sites for hydroxylation is 1. The minimum atomic E-state index is -0.333. The minimum Gasteiger partial charge on any atom is -0.312 e. The molecule has 4 heteroatoms. The molecule has 0 fully saturated rings. The van der Waals surface area contributed by atoms with Crippen LogP contribution < -0.4 is 5.32 Å². The summed E-state index contributed by atoms with van der Waals surface area (Å²) in [4.78, 5) is 0. The molecule has 2 rings (SSSR count). The highest BCUT2D eigenvalue weighted by Crippen LogP contribution is 2.17. The second-order valence-corrected chi connectivity index (χ2v) is 5.14. The molecule has 0 unspecified atom stereocenters. The molecule has 0 heterocycles. The predicted molar refractivity (Wildman–Crippen MR) is 78.0 cm³/mol. The molecular weight excluding hydrogens is 280 g/mol. The molecule has 0 atom stereocenters. The van der Waals surface area contributed by atoms with Gasteiger partial charge in [0.15, 0.2) is 0 Å². The maximum atomic E-state index is 13.0. The van der Waals surface area contributed by atoms with Gasteiger partial charge in [0.1, 0.15) is 11.6 Å². The SMILES string of the molecule is Cc1cc(F)ccc1CCNCc1ccc(F)cc1Cl. The number of hydrogen-bond acceptors (Lipinski definition) is 1. The van der Waals surface area contributed by atoms with Crippen LogP contribution in [0, 0.1) is 18.6 Å². The highest BCUT2D eigenvalue weighted by Gasteiger charge is 2.03. The fourth-order valence-corrected chi connectivity index (χ4v) is 2.28. The Morgan fingerprint density at radius 3 is 2.30 bits per heavy atom. The van der Waals surface area contributed by atoms with Crippen LogP contribution in [0.15, 0.2) is 36.4 Å². The summed E-state index contributed by atoms with van der Waals surface area (Å²) in [6.45, 7) is 3.23.